The molecule has 2 aliphatic heterocycles. The summed E-state index contributed by atoms with van der Waals surface area (Å²) in [5, 5.41) is 24.6. The van der Waals surface area contributed by atoms with Gasteiger partial charge < -0.3 is 19.6 Å². The second-order valence-corrected chi connectivity index (χ2v) is 9.69. The van der Waals surface area contributed by atoms with Gasteiger partial charge in [-0.25, -0.2) is 9.50 Å². The molecule has 0 saturated carbocycles. The van der Waals surface area contributed by atoms with Crippen molar-refractivity contribution in [3.8, 4) is 17.2 Å². The number of aromatic nitrogens is 3. The van der Waals surface area contributed by atoms with Crippen molar-refractivity contribution in [3.63, 3.8) is 0 Å². The second kappa shape index (κ2) is 10.7. The highest BCUT2D eigenvalue weighted by Crippen LogP contribution is 2.32. The Morgan fingerprint density at radius 2 is 1.87 bits per heavy atom. The van der Waals surface area contributed by atoms with Crippen LogP contribution in [0.15, 0.2) is 73.2 Å². The molecule has 196 valence electrons. The fraction of sp³-hybridized carbons (Fsp3) is 0.267. The van der Waals surface area contributed by atoms with Crippen LogP contribution in [0.4, 0.5) is 5.82 Å². The van der Waals surface area contributed by atoms with Gasteiger partial charge in [0.25, 0.3) is 5.91 Å². The number of hydrogen-bond acceptors (Lipinski definition) is 7. The molecule has 1 fully saturated rings. The molecule has 9 nitrogen and oxygen atoms in total. The van der Waals surface area contributed by atoms with Crippen molar-refractivity contribution in [1.82, 2.24) is 19.5 Å². The Kier molecular flexibility index (Phi) is 6.80. The van der Waals surface area contributed by atoms with Gasteiger partial charge in [-0.05, 0) is 41.3 Å². The number of pyridine rings is 2. The van der Waals surface area contributed by atoms with Crippen molar-refractivity contribution in [2.24, 2.45) is 0 Å². The molecule has 5 heterocycles. The molecule has 1 aromatic carbocycles. The third kappa shape index (κ3) is 4.88. The van der Waals surface area contributed by atoms with E-state index in [4.69, 9.17) is 9.72 Å². The molecule has 0 aliphatic carbocycles. The first-order chi connectivity index (χ1) is 19.1. The predicted molar refractivity (Wildman–Crippen MR) is 147 cm³/mol. The summed E-state index contributed by atoms with van der Waals surface area (Å²) < 4.78 is 7.25. The van der Waals surface area contributed by atoms with E-state index in [-0.39, 0.29) is 5.91 Å². The molecule has 0 spiro atoms. The van der Waals surface area contributed by atoms with Crippen LogP contribution in [-0.2, 0) is 9.53 Å². The summed E-state index contributed by atoms with van der Waals surface area (Å²) in [4.78, 5) is 21.4. The lowest BCUT2D eigenvalue weighted by atomic mass is 9.98. The van der Waals surface area contributed by atoms with Crippen molar-refractivity contribution < 1.29 is 14.6 Å². The molecule has 1 atom stereocenters. The number of anilines is 1. The number of aliphatic hydroxyl groups excluding tert-OH is 1. The Morgan fingerprint density at radius 3 is 2.56 bits per heavy atom. The van der Waals surface area contributed by atoms with Gasteiger partial charge in [0.05, 0.1) is 30.5 Å². The normalized spacial score (nSPS) is 16.6. The topological polar surface area (TPSA) is 107 Å². The van der Waals surface area contributed by atoms with Crippen molar-refractivity contribution in [3.05, 3.63) is 89.9 Å². The molecular weight excluding hydrogens is 492 g/mol. The van der Waals surface area contributed by atoms with Crippen LogP contribution in [0.3, 0.4) is 0 Å². The quantitative estimate of drug-likeness (QED) is 0.430. The number of ether oxygens (including phenoxy) is 1. The third-order valence-electron chi connectivity index (χ3n) is 7.39. The summed E-state index contributed by atoms with van der Waals surface area (Å²) in [6.45, 7) is 3.53. The smallest absolute Gasteiger partial charge is 0.256 e. The highest BCUT2D eigenvalue weighted by Gasteiger charge is 2.27. The lowest BCUT2D eigenvalue weighted by Crippen LogP contribution is -2.50. The molecule has 6 rings (SSSR count). The zero-order chi connectivity index (χ0) is 26.8. The molecule has 3 aromatic heterocycles. The Balaban J connectivity index is 1.21. The number of nitriles is 1. The first kappa shape index (κ1) is 24.8. The number of aliphatic hydroxyl groups is 1. The molecule has 1 saturated heterocycles. The molecule has 1 N–H and O–H groups in total. The minimum Gasteiger partial charge on any atom is -0.378 e. The lowest BCUT2D eigenvalue weighted by molar-refractivity contribution is -0.140. The molecular formula is C30H28N6O3. The van der Waals surface area contributed by atoms with Crippen molar-refractivity contribution in [2.75, 3.05) is 44.3 Å². The summed E-state index contributed by atoms with van der Waals surface area (Å²) in [7, 11) is 0. The minimum atomic E-state index is -1.15. The zero-order valence-electron chi connectivity index (χ0n) is 21.4. The van der Waals surface area contributed by atoms with Crippen molar-refractivity contribution in [1.29, 1.82) is 5.26 Å². The van der Waals surface area contributed by atoms with Crippen LogP contribution in [0.2, 0.25) is 0 Å². The summed E-state index contributed by atoms with van der Waals surface area (Å²) in [5.41, 5.74) is 5.93. The van der Waals surface area contributed by atoms with E-state index in [1.807, 2.05) is 42.7 Å². The number of carbonyl (C=O) groups is 1. The van der Waals surface area contributed by atoms with Gasteiger partial charge in [0.1, 0.15) is 11.9 Å². The maximum absolute atomic E-state index is 12.8. The number of fused-ring (bicyclic) bond motifs is 1. The van der Waals surface area contributed by atoms with E-state index in [2.05, 4.69) is 28.2 Å². The Labute approximate surface area is 226 Å². The molecule has 0 radical (unpaired) electrons. The number of hydrogen-bond donors (Lipinski definition) is 1. The van der Waals surface area contributed by atoms with Gasteiger partial charge in [-0.1, -0.05) is 36.4 Å². The van der Waals surface area contributed by atoms with Gasteiger partial charge in [0.2, 0.25) is 0 Å². The van der Waals surface area contributed by atoms with Gasteiger partial charge in [-0.2, -0.15) is 10.4 Å². The predicted octanol–water partition coefficient (Wildman–Crippen LogP) is 3.45. The Hall–Kier alpha value is -4.52. The summed E-state index contributed by atoms with van der Waals surface area (Å²) in [5.74, 6) is 0.546. The molecule has 0 bridgehead atoms. The van der Waals surface area contributed by atoms with Gasteiger partial charge in [-0.15, -0.1) is 0 Å². The van der Waals surface area contributed by atoms with Gasteiger partial charge >= 0.3 is 0 Å². The summed E-state index contributed by atoms with van der Waals surface area (Å²) >= 11 is 0. The first-order valence-electron chi connectivity index (χ1n) is 13.0. The van der Waals surface area contributed by atoms with E-state index < -0.39 is 6.10 Å². The van der Waals surface area contributed by atoms with Crippen LogP contribution in [-0.4, -0.2) is 69.9 Å². The van der Waals surface area contributed by atoms with E-state index in [1.165, 1.54) is 5.57 Å². The molecule has 1 amide bonds. The van der Waals surface area contributed by atoms with Gasteiger partial charge in [-0.3, -0.25) is 4.79 Å². The van der Waals surface area contributed by atoms with E-state index in [0.717, 1.165) is 34.4 Å². The Morgan fingerprint density at radius 1 is 1.05 bits per heavy atom. The highest BCUT2D eigenvalue weighted by atomic mass is 16.5. The van der Waals surface area contributed by atoms with Crippen LogP contribution in [0, 0.1) is 11.3 Å². The van der Waals surface area contributed by atoms with E-state index in [0.29, 0.717) is 50.5 Å². The summed E-state index contributed by atoms with van der Waals surface area (Å²) in [6.07, 6.45) is 7.16. The second-order valence-electron chi connectivity index (χ2n) is 9.69. The number of nitrogens with zero attached hydrogens (tertiary/aromatic N) is 6. The van der Waals surface area contributed by atoms with E-state index in [1.54, 1.807) is 27.7 Å². The molecule has 39 heavy (non-hydrogen) atoms. The number of benzene rings is 1. The fourth-order valence-corrected chi connectivity index (χ4v) is 5.23. The first-order valence-corrected chi connectivity index (χ1v) is 13.0. The van der Waals surface area contributed by atoms with Crippen LogP contribution in [0.5, 0.6) is 0 Å². The fourth-order valence-electron chi connectivity index (χ4n) is 5.23. The lowest BCUT2D eigenvalue weighted by Gasteiger charge is -2.36. The van der Waals surface area contributed by atoms with Crippen LogP contribution in [0.25, 0.3) is 22.2 Å². The SMILES string of the molecule is N#Cc1cnn2cc(C3=CCOCC3)cc(-c3ccc(N4CCN(C(=O)[C@H](O)c5ccccc5)CC4)nc3)c12. The van der Waals surface area contributed by atoms with Gasteiger partial charge in [0, 0.05) is 49.7 Å². The highest BCUT2D eigenvalue weighted by molar-refractivity contribution is 5.87. The van der Waals surface area contributed by atoms with Crippen molar-refractivity contribution in [2.45, 2.75) is 12.5 Å². The number of amides is 1. The average Bonchev–Trinajstić information content (AvgIpc) is 3.44. The third-order valence-corrected chi connectivity index (χ3v) is 7.39. The zero-order valence-corrected chi connectivity index (χ0v) is 21.4. The van der Waals surface area contributed by atoms with Gasteiger partial charge in [0.15, 0.2) is 6.10 Å². The van der Waals surface area contributed by atoms with Crippen LogP contribution in [0.1, 0.15) is 29.2 Å². The van der Waals surface area contributed by atoms with Crippen LogP contribution < -0.4 is 4.90 Å². The van der Waals surface area contributed by atoms with Crippen LogP contribution >= 0.6 is 0 Å². The molecule has 0 unspecified atom stereocenters. The molecule has 2 aliphatic rings. The minimum absolute atomic E-state index is 0.276. The largest absolute Gasteiger partial charge is 0.378 e. The van der Waals surface area contributed by atoms with Crippen molar-refractivity contribution >= 4 is 22.8 Å². The maximum atomic E-state index is 12.8. The monoisotopic (exact) mass is 520 g/mol. The number of carbonyl (C=O) groups excluding carboxylic acids is 1. The molecule has 9 heteroatoms. The van der Waals surface area contributed by atoms with E-state index in [9.17, 15) is 15.2 Å². The van der Waals surface area contributed by atoms with E-state index >= 15 is 0 Å². The summed E-state index contributed by atoms with van der Waals surface area (Å²) in [6, 6.07) is 17.4. The number of rotatable bonds is 5. The molecule has 4 aromatic rings. The maximum Gasteiger partial charge on any atom is 0.256 e. The standard InChI is InChI=1S/C30H28N6O3/c31-17-25-19-33-36-20-24(21-8-14-39-15-9-21)16-26(28(25)36)23-6-7-27(32-18-23)34-10-12-35(13-11-34)30(38)29(37)22-4-2-1-3-5-22/h1-8,16,18-20,29,37H,9-15H2/t29-/m1/s1. The average molecular weight is 521 g/mol. The number of piperazine rings is 1. The Bertz CT molecular complexity index is 1560.